The van der Waals surface area contributed by atoms with Gasteiger partial charge in [-0.1, -0.05) is 115 Å². The maximum absolute atomic E-state index is 5.97. The molecule has 2 aromatic heterocycles. The summed E-state index contributed by atoms with van der Waals surface area (Å²) in [5, 5.41) is 8.52. The van der Waals surface area contributed by atoms with Gasteiger partial charge in [-0.05, 0) is 83.9 Å². The lowest BCUT2D eigenvalue weighted by Gasteiger charge is -2.26. The van der Waals surface area contributed by atoms with Gasteiger partial charge in [0.2, 0.25) is 11.8 Å². The Hall–Kier alpha value is -7.18. The highest BCUT2D eigenvalue weighted by atomic mass is 16.4. The molecule has 0 N–H and O–H groups in total. The summed E-state index contributed by atoms with van der Waals surface area (Å²) in [6.07, 6.45) is 0. The Balaban J connectivity index is 1.02. The second-order valence-electron chi connectivity index (χ2n) is 12.4. The number of fused-ring (bicyclic) bond motifs is 1. The summed E-state index contributed by atoms with van der Waals surface area (Å²) in [6, 6.07) is 64.0. The van der Waals surface area contributed by atoms with Crippen molar-refractivity contribution in [1.29, 1.82) is 0 Å². The first kappa shape index (κ1) is 30.8. The van der Waals surface area contributed by atoms with Gasteiger partial charge in [0.05, 0.1) is 22.4 Å². The maximum Gasteiger partial charge on any atom is 0.248 e. The predicted octanol–water partition coefficient (Wildman–Crippen LogP) is 11.8. The Labute approximate surface area is 301 Å². The van der Waals surface area contributed by atoms with Crippen LogP contribution in [0.1, 0.15) is 0 Å². The summed E-state index contributed by atoms with van der Waals surface area (Å²) in [7, 11) is 0. The molecule has 0 radical (unpaired) electrons. The van der Waals surface area contributed by atoms with Crippen LogP contribution in [0.15, 0.2) is 192 Å². The van der Waals surface area contributed by atoms with Crippen LogP contribution in [0.2, 0.25) is 0 Å². The molecule has 7 aromatic carbocycles. The SMILES string of the molecule is c1ccc(-c2nnc(-c3ccc(-c4ccc(N(c5ccccc5)c5ccc(-c6nc7ccccc7nc6-c6ccccc6)cc5)cc4)cc3)o2)cc1. The summed E-state index contributed by atoms with van der Waals surface area (Å²) in [5.74, 6) is 1.00. The number of benzene rings is 7. The van der Waals surface area contributed by atoms with E-state index in [1.165, 1.54) is 0 Å². The van der Waals surface area contributed by atoms with Gasteiger partial charge in [0.1, 0.15) is 0 Å². The Morgan fingerprint density at radius 1 is 0.308 bits per heavy atom. The molecule has 0 aliphatic rings. The molecule has 9 rings (SSSR count). The molecule has 6 nitrogen and oxygen atoms in total. The van der Waals surface area contributed by atoms with E-state index in [4.69, 9.17) is 14.4 Å². The van der Waals surface area contributed by atoms with Crippen LogP contribution in [0.25, 0.3) is 67.6 Å². The summed E-state index contributed by atoms with van der Waals surface area (Å²) in [6.45, 7) is 0. The zero-order valence-corrected chi connectivity index (χ0v) is 28.0. The lowest BCUT2D eigenvalue weighted by Crippen LogP contribution is -2.09. The third-order valence-corrected chi connectivity index (χ3v) is 9.07. The van der Waals surface area contributed by atoms with Crippen LogP contribution in [0.4, 0.5) is 17.1 Å². The van der Waals surface area contributed by atoms with Gasteiger partial charge < -0.3 is 9.32 Å². The van der Waals surface area contributed by atoms with Crippen LogP contribution >= 0.6 is 0 Å². The Morgan fingerprint density at radius 3 is 1.17 bits per heavy atom. The highest BCUT2D eigenvalue weighted by Crippen LogP contribution is 2.38. The second kappa shape index (κ2) is 13.6. The molecule has 0 saturated heterocycles. The van der Waals surface area contributed by atoms with Crippen LogP contribution in [0.3, 0.4) is 0 Å². The van der Waals surface area contributed by atoms with Gasteiger partial charge in [-0.15, -0.1) is 10.2 Å². The van der Waals surface area contributed by atoms with E-state index >= 15 is 0 Å². The number of rotatable bonds is 8. The first-order chi connectivity index (χ1) is 25.8. The van der Waals surface area contributed by atoms with Crippen LogP contribution in [0.5, 0.6) is 0 Å². The van der Waals surface area contributed by atoms with Crippen molar-refractivity contribution in [3.05, 3.63) is 188 Å². The van der Waals surface area contributed by atoms with Crippen molar-refractivity contribution >= 4 is 28.1 Å². The zero-order chi connectivity index (χ0) is 34.7. The molecule has 0 amide bonds. The van der Waals surface area contributed by atoms with Crippen molar-refractivity contribution in [2.75, 3.05) is 4.90 Å². The van der Waals surface area contributed by atoms with Crippen LogP contribution in [-0.2, 0) is 0 Å². The quantitative estimate of drug-likeness (QED) is 0.160. The predicted molar refractivity (Wildman–Crippen MR) is 209 cm³/mol. The van der Waals surface area contributed by atoms with Gasteiger partial charge in [-0.3, -0.25) is 0 Å². The average Bonchev–Trinajstić information content (AvgIpc) is 3.73. The van der Waals surface area contributed by atoms with Crippen LogP contribution < -0.4 is 4.90 Å². The molecule has 52 heavy (non-hydrogen) atoms. The molecule has 0 bridgehead atoms. The third-order valence-electron chi connectivity index (χ3n) is 9.07. The molecule has 0 saturated carbocycles. The van der Waals surface area contributed by atoms with Gasteiger partial charge in [0, 0.05) is 39.3 Å². The second-order valence-corrected chi connectivity index (χ2v) is 12.4. The van der Waals surface area contributed by atoms with Gasteiger partial charge in [-0.2, -0.15) is 0 Å². The monoisotopic (exact) mass is 669 g/mol. The standard InChI is InChI=1S/C46H31N5O/c1-4-12-34(13-5-1)43-44(48-42-19-11-10-18-41(42)47-43)35-26-30-40(31-27-35)51(38-16-8-3-9-17-38)39-28-24-33(25-29-39)32-20-22-37(23-21-32)46-50-49-45(52-46)36-14-6-2-7-15-36/h1-31H. The van der Waals surface area contributed by atoms with E-state index in [1.807, 2.05) is 91.0 Å². The van der Waals surface area contributed by atoms with E-state index in [-0.39, 0.29) is 0 Å². The van der Waals surface area contributed by atoms with E-state index in [0.717, 1.165) is 72.9 Å². The Bertz CT molecular complexity index is 2590. The fourth-order valence-corrected chi connectivity index (χ4v) is 6.44. The van der Waals surface area contributed by atoms with Crippen molar-refractivity contribution in [3.8, 4) is 56.6 Å². The fourth-order valence-electron chi connectivity index (χ4n) is 6.44. The van der Waals surface area contributed by atoms with Crippen molar-refractivity contribution in [2.45, 2.75) is 0 Å². The largest absolute Gasteiger partial charge is 0.416 e. The maximum atomic E-state index is 5.97. The third kappa shape index (κ3) is 6.10. The summed E-state index contributed by atoms with van der Waals surface area (Å²) in [5.41, 5.74) is 12.6. The molecule has 246 valence electrons. The lowest BCUT2D eigenvalue weighted by molar-refractivity contribution is 0.584. The van der Waals surface area contributed by atoms with E-state index in [0.29, 0.717) is 11.8 Å². The molecular formula is C46H31N5O. The summed E-state index contributed by atoms with van der Waals surface area (Å²) < 4.78 is 5.97. The average molecular weight is 670 g/mol. The van der Waals surface area contributed by atoms with Crippen molar-refractivity contribution in [1.82, 2.24) is 20.2 Å². The summed E-state index contributed by atoms with van der Waals surface area (Å²) in [4.78, 5) is 12.4. The topological polar surface area (TPSA) is 67.9 Å². The molecule has 0 fully saturated rings. The van der Waals surface area contributed by atoms with Gasteiger partial charge in [0.25, 0.3) is 0 Å². The smallest absolute Gasteiger partial charge is 0.248 e. The molecule has 9 aromatic rings. The van der Waals surface area contributed by atoms with Crippen molar-refractivity contribution in [2.24, 2.45) is 0 Å². The fraction of sp³-hybridized carbons (Fsp3) is 0. The van der Waals surface area contributed by atoms with Gasteiger partial charge in [0.15, 0.2) is 0 Å². The van der Waals surface area contributed by atoms with Crippen LogP contribution in [-0.4, -0.2) is 20.2 Å². The van der Waals surface area contributed by atoms with Crippen LogP contribution in [0, 0.1) is 0 Å². The first-order valence-corrected chi connectivity index (χ1v) is 17.1. The van der Waals surface area contributed by atoms with Gasteiger partial charge >= 0.3 is 0 Å². The number of anilines is 3. The molecule has 2 heterocycles. The molecule has 0 aliphatic carbocycles. The summed E-state index contributed by atoms with van der Waals surface area (Å²) >= 11 is 0. The molecule has 0 unspecified atom stereocenters. The first-order valence-electron chi connectivity index (χ1n) is 17.1. The molecular weight excluding hydrogens is 639 g/mol. The van der Waals surface area contributed by atoms with E-state index in [9.17, 15) is 0 Å². The molecule has 0 atom stereocenters. The zero-order valence-electron chi connectivity index (χ0n) is 28.0. The normalized spacial score (nSPS) is 11.1. The number of hydrogen-bond acceptors (Lipinski definition) is 6. The lowest BCUT2D eigenvalue weighted by atomic mass is 10.0. The number of aromatic nitrogens is 4. The van der Waals surface area contributed by atoms with E-state index < -0.39 is 0 Å². The molecule has 0 aliphatic heterocycles. The molecule has 0 spiro atoms. The number of nitrogens with zero attached hydrogens (tertiary/aromatic N) is 5. The number of hydrogen-bond donors (Lipinski definition) is 0. The van der Waals surface area contributed by atoms with E-state index in [1.54, 1.807) is 0 Å². The minimum absolute atomic E-state index is 0.495. The molecule has 6 heteroatoms. The minimum Gasteiger partial charge on any atom is -0.416 e. The Morgan fingerprint density at radius 2 is 0.654 bits per heavy atom. The van der Waals surface area contributed by atoms with Crippen molar-refractivity contribution in [3.63, 3.8) is 0 Å². The van der Waals surface area contributed by atoms with Gasteiger partial charge in [-0.25, -0.2) is 9.97 Å². The number of para-hydroxylation sites is 3. The minimum atomic E-state index is 0.495. The van der Waals surface area contributed by atoms with E-state index in [2.05, 4.69) is 112 Å². The highest BCUT2D eigenvalue weighted by molar-refractivity contribution is 5.87. The van der Waals surface area contributed by atoms with Crippen molar-refractivity contribution < 1.29 is 4.42 Å². The Kier molecular flexibility index (Phi) is 8.08. The highest BCUT2D eigenvalue weighted by Gasteiger charge is 2.17.